The predicted molar refractivity (Wildman–Crippen MR) is 137 cm³/mol. The van der Waals surface area contributed by atoms with Gasteiger partial charge in [-0.1, -0.05) is 66.7 Å². The SMILES string of the molecule is NC1=C(c2ccc3c(c2)oc2ccccc23)C(n2c3ccccc3c3ccccc32)CC=C1. The highest BCUT2D eigenvalue weighted by atomic mass is 16.3. The van der Waals surface area contributed by atoms with Gasteiger partial charge >= 0.3 is 0 Å². The molecular formula is C30H22N2O. The van der Waals surface area contributed by atoms with E-state index in [1.54, 1.807) is 0 Å². The summed E-state index contributed by atoms with van der Waals surface area (Å²) in [4.78, 5) is 0. The second-order valence-corrected chi connectivity index (χ2v) is 8.74. The fourth-order valence-corrected chi connectivity index (χ4v) is 5.50. The summed E-state index contributed by atoms with van der Waals surface area (Å²) >= 11 is 0. The molecule has 0 fully saturated rings. The number of allylic oxidation sites excluding steroid dienone is 3. The van der Waals surface area contributed by atoms with E-state index in [0.29, 0.717) is 0 Å². The number of hydrogen-bond acceptors (Lipinski definition) is 2. The van der Waals surface area contributed by atoms with Crippen LogP contribution in [0.1, 0.15) is 18.0 Å². The molecule has 0 radical (unpaired) electrons. The minimum Gasteiger partial charge on any atom is -0.456 e. The van der Waals surface area contributed by atoms with Crippen LogP contribution in [0.3, 0.4) is 0 Å². The molecule has 33 heavy (non-hydrogen) atoms. The van der Waals surface area contributed by atoms with Crippen molar-refractivity contribution in [3.8, 4) is 0 Å². The van der Waals surface area contributed by atoms with E-state index >= 15 is 0 Å². The monoisotopic (exact) mass is 426 g/mol. The largest absolute Gasteiger partial charge is 0.456 e. The molecule has 1 atom stereocenters. The van der Waals surface area contributed by atoms with E-state index in [9.17, 15) is 0 Å². The topological polar surface area (TPSA) is 44.1 Å². The normalized spacial score (nSPS) is 16.5. The molecule has 3 heteroatoms. The zero-order valence-electron chi connectivity index (χ0n) is 18.0. The Morgan fingerprint density at radius 1 is 0.697 bits per heavy atom. The molecule has 2 N–H and O–H groups in total. The number of nitrogens with two attached hydrogens (primary N) is 1. The summed E-state index contributed by atoms with van der Waals surface area (Å²) in [5.41, 5.74) is 14.0. The van der Waals surface area contributed by atoms with Gasteiger partial charge < -0.3 is 14.7 Å². The summed E-state index contributed by atoms with van der Waals surface area (Å²) in [5, 5.41) is 4.82. The number of hydrogen-bond donors (Lipinski definition) is 1. The van der Waals surface area contributed by atoms with E-state index in [-0.39, 0.29) is 6.04 Å². The Labute approximate surface area is 191 Å². The Hall–Kier alpha value is -4.24. The summed E-state index contributed by atoms with van der Waals surface area (Å²) in [6.45, 7) is 0. The van der Waals surface area contributed by atoms with E-state index in [0.717, 1.165) is 45.2 Å². The fraction of sp³-hybridized carbons (Fsp3) is 0.0667. The van der Waals surface area contributed by atoms with E-state index in [1.807, 2.05) is 18.2 Å². The number of furan rings is 1. The Kier molecular flexibility index (Phi) is 3.82. The quantitative estimate of drug-likeness (QED) is 0.310. The number of aromatic nitrogens is 1. The lowest BCUT2D eigenvalue weighted by Crippen LogP contribution is -2.17. The van der Waals surface area contributed by atoms with E-state index in [4.69, 9.17) is 10.2 Å². The van der Waals surface area contributed by atoms with Gasteiger partial charge in [-0.15, -0.1) is 0 Å². The van der Waals surface area contributed by atoms with Crippen LogP contribution >= 0.6 is 0 Å². The summed E-state index contributed by atoms with van der Waals surface area (Å²) < 4.78 is 8.65. The maximum absolute atomic E-state index is 6.66. The molecule has 3 nitrogen and oxygen atoms in total. The Morgan fingerprint density at radius 3 is 2.09 bits per heavy atom. The van der Waals surface area contributed by atoms with Crippen molar-refractivity contribution in [1.29, 1.82) is 0 Å². The van der Waals surface area contributed by atoms with Crippen molar-refractivity contribution in [2.24, 2.45) is 5.73 Å². The van der Waals surface area contributed by atoms with Crippen LogP contribution in [0.5, 0.6) is 0 Å². The van der Waals surface area contributed by atoms with Gasteiger partial charge in [-0.05, 0) is 48.4 Å². The predicted octanol–water partition coefficient (Wildman–Crippen LogP) is 7.56. The Balaban J connectivity index is 1.48. The maximum atomic E-state index is 6.66. The van der Waals surface area contributed by atoms with Crippen LogP contribution in [0.4, 0.5) is 0 Å². The average molecular weight is 427 g/mol. The van der Waals surface area contributed by atoms with Gasteiger partial charge in [0.05, 0.1) is 6.04 Å². The third-order valence-corrected chi connectivity index (χ3v) is 6.92. The molecule has 158 valence electrons. The van der Waals surface area contributed by atoms with Crippen LogP contribution in [-0.2, 0) is 0 Å². The number of nitrogens with zero attached hydrogens (tertiary/aromatic N) is 1. The maximum Gasteiger partial charge on any atom is 0.136 e. The minimum atomic E-state index is 0.0987. The van der Waals surface area contributed by atoms with Crippen molar-refractivity contribution in [1.82, 2.24) is 4.57 Å². The second-order valence-electron chi connectivity index (χ2n) is 8.74. The van der Waals surface area contributed by atoms with Crippen LogP contribution in [0.15, 0.2) is 113 Å². The van der Waals surface area contributed by atoms with Gasteiger partial charge in [0.25, 0.3) is 0 Å². The molecule has 0 saturated heterocycles. The van der Waals surface area contributed by atoms with Gasteiger partial charge in [-0.2, -0.15) is 0 Å². The Bertz CT molecular complexity index is 1710. The van der Waals surface area contributed by atoms with Crippen molar-refractivity contribution in [2.45, 2.75) is 12.5 Å². The molecule has 4 aromatic carbocycles. The molecule has 1 aliphatic rings. The molecule has 0 aliphatic heterocycles. The van der Waals surface area contributed by atoms with Crippen molar-refractivity contribution in [3.63, 3.8) is 0 Å². The number of rotatable bonds is 2. The third-order valence-electron chi connectivity index (χ3n) is 6.92. The average Bonchev–Trinajstić information content (AvgIpc) is 3.39. The lowest BCUT2D eigenvalue weighted by atomic mass is 9.89. The molecule has 0 amide bonds. The van der Waals surface area contributed by atoms with Crippen LogP contribution in [0.2, 0.25) is 0 Å². The molecule has 2 heterocycles. The zero-order valence-corrected chi connectivity index (χ0v) is 18.0. The summed E-state index contributed by atoms with van der Waals surface area (Å²) in [6.07, 6.45) is 5.12. The number of fused-ring (bicyclic) bond motifs is 6. The van der Waals surface area contributed by atoms with Crippen LogP contribution < -0.4 is 5.73 Å². The fourth-order valence-electron chi connectivity index (χ4n) is 5.50. The molecule has 2 aromatic heterocycles. The van der Waals surface area contributed by atoms with Crippen LogP contribution in [-0.4, -0.2) is 4.57 Å². The zero-order chi connectivity index (χ0) is 21.9. The van der Waals surface area contributed by atoms with Gasteiger partial charge in [-0.25, -0.2) is 0 Å². The highest BCUT2D eigenvalue weighted by Gasteiger charge is 2.26. The van der Waals surface area contributed by atoms with Crippen LogP contribution in [0, 0.1) is 0 Å². The van der Waals surface area contributed by atoms with Gasteiger partial charge in [0.1, 0.15) is 11.2 Å². The molecular weight excluding hydrogens is 404 g/mol. The first-order chi connectivity index (χ1) is 16.3. The summed E-state index contributed by atoms with van der Waals surface area (Å²) in [7, 11) is 0. The van der Waals surface area contributed by atoms with E-state index in [2.05, 4.69) is 89.5 Å². The van der Waals surface area contributed by atoms with E-state index < -0.39 is 0 Å². The third kappa shape index (κ3) is 2.63. The first kappa shape index (κ1) is 18.3. The van der Waals surface area contributed by atoms with Gasteiger partial charge in [0.2, 0.25) is 0 Å². The lowest BCUT2D eigenvalue weighted by molar-refractivity contribution is 0.658. The molecule has 0 saturated carbocycles. The van der Waals surface area contributed by atoms with Gasteiger partial charge in [-0.3, -0.25) is 0 Å². The molecule has 0 spiro atoms. The van der Waals surface area contributed by atoms with Crippen molar-refractivity contribution in [2.75, 3.05) is 0 Å². The van der Waals surface area contributed by atoms with Crippen molar-refractivity contribution >= 4 is 49.3 Å². The highest BCUT2D eigenvalue weighted by molar-refractivity contribution is 6.09. The number of benzene rings is 4. The molecule has 1 aliphatic carbocycles. The summed E-state index contributed by atoms with van der Waals surface area (Å²) in [6, 6.07) is 32.1. The van der Waals surface area contributed by atoms with Crippen molar-refractivity contribution in [3.05, 3.63) is 114 Å². The lowest BCUT2D eigenvalue weighted by Gasteiger charge is -2.27. The second kappa shape index (κ2) is 6.88. The first-order valence-electron chi connectivity index (χ1n) is 11.3. The molecule has 0 bridgehead atoms. The van der Waals surface area contributed by atoms with E-state index in [1.165, 1.54) is 21.8 Å². The van der Waals surface area contributed by atoms with Crippen LogP contribution in [0.25, 0.3) is 49.3 Å². The van der Waals surface area contributed by atoms with Gasteiger partial charge in [0, 0.05) is 43.8 Å². The molecule has 7 rings (SSSR count). The van der Waals surface area contributed by atoms with Crippen molar-refractivity contribution < 1.29 is 4.42 Å². The summed E-state index contributed by atoms with van der Waals surface area (Å²) in [5.74, 6) is 0. The molecule has 6 aromatic rings. The number of para-hydroxylation sites is 3. The first-order valence-corrected chi connectivity index (χ1v) is 11.3. The van der Waals surface area contributed by atoms with Gasteiger partial charge in [0.15, 0.2) is 0 Å². The minimum absolute atomic E-state index is 0.0987. The highest BCUT2D eigenvalue weighted by Crippen LogP contribution is 2.42. The molecule has 1 unspecified atom stereocenters. The Morgan fingerprint density at radius 2 is 1.33 bits per heavy atom. The standard InChI is InChI=1S/C30H22N2O/c31-24-11-7-14-27(32-25-12-4-1-8-20(25)21-9-2-5-13-26(21)32)30(24)19-16-17-23-22-10-3-6-15-28(22)33-29(23)18-19/h1-13,15-18,27H,14,31H2. The smallest absolute Gasteiger partial charge is 0.136 e.